The summed E-state index contributed by atoms with van der Waals surface area (Å²) in [5, 5.41) is -0.475. The highest BCUT2D eigenvalue weighted by molar-refractivity contribution is 7.91. The van der Waals surface area contributed by atoms with Crippen LogP contribution < -0.4 is 4.74 Å². The molecule has 0 spiro atoms. The fourth-order valence-corrected chi connectivity index (χ4v) is 4.86. The van der Waals surface area contributed by atoms with Crippen molar-refractivity contribution in [2.45, 2.75) is 37.7 Å². The molecule has 32 heavy (non-hydrogen) atoms. The average Bonchev–Trinajstić information content (AvgIpc) is 3.17. The van der Waals surface area contributed by atoms with Gasteiger partial charge in [0.05, 0.1) is 11.4 Å². The summed E-state index contributed by atoms with van der Waals surface area (Å²) in [4.78, 5) is 4.22. The first-order valence-electron chi connectivity index (χ1n) is 10.1. The molecule has 3 aromatic rings. The molecule has 172 valence electrons. The van der Waals surface area contributed by atoms with Crippen molar-refractivity contribution in [2.75, 3.05) is 12.9 Å². The van der Waals surface area contributed by atoms with Crippen molar-refractivity contribution < 1.29 is 22.3 Å². The second kappa shape index (κ2) is 10.0. The molecule has 6 nitrogen and oxygen atoms in total. The molecule has 2 atom stereocenters. The largest absolute Gasteiger partial charge is 0.489 e. The third kappa shape index (κ3) is 5.68. The maximum Gasteiger partial charge on any atom is 0.150 e. The predicted octanol–water partition coefficient (Wildman–Crippen LogP) is 4.59. The summed E-state index contributed by atoms with van der Waals surface area (Å²) in [5.41, 5.74) is 2.54. The van der Waals surface area contributed by atoms with E-state index in [2.05, 4.69) is 4.98 Å². The second-order valence-corrected chi connectivity index (χ2v) is 10.2. The molecular weight excluding hydrogens is 455 g/mol. The molecule has 0 radical (unpaired) electrons. The monoisotopic (exact) mass is 480 g/mol. The Kier molecular flexibility index (Phi) is 7.59. The summed E-state index contributed by atoms with van der Waals surface area (Å²) in [6, 6.07) is 12.3. The number of hydrogen-bond donors (Lipinski definition) is 0. The minimum Gasteiger partial charge on any atom is -0.489 e. The van der Waals surface area contributed by atoms with Crippen molar-refractivity contribution in [2.24, 2.45) is 0 Å². The maximum absolute atomic E-state index is 14.2. The zero-order valence-electron chi connectivity index (χ0n) is 17.9. The normalized spacial score (nSPS) is 18.7. The minimum absolute atomic E-state index is 0. The molecule has 0 amide bonds. The Bertz CT molecular complexity index is 1160. The highest BCUT2D eigenvalue weighted by atomic mass is 35.5. The van der Waals surface area contributed by atoms with Crippen molar-refractivity contribution >= 4 is 22.2 Å². The van der Waals surface area contributed by atoms with Crippen LogP contribution in [0.5, 0.6) is 5.75 Å². The number of imidazole rings is 1. The molecule has 2 heterocycles. The first-order chi connectivity index (χ1) is 14.8. The SMILES string of the molecule is Cc1nccn1-c1ccc(COc2cc(F)cc(C3CC(S(C)(=O)=O)CCO3)c2)cc1.Cl. The summed E-state index contributed by atoms with van der Waals surface area (Å²) in [7, 11) is -3.17. The van der Waals surface area contributed by atoms with Crippen LogP contribution in [0.2, 0.25) is 0 Å². The van der Waals surface area contributed by atoms with Crippen LogP contribution in [0.4, 0.5) is 4.39 Å². The van der Waals surface area contributed by atoms with Crippen molar-refractivity contribution in [3.63, 3.8) is 0 Å². The van der Waals surface area contributed by atoms with Gasteiger partial charge in [-0.3, -0.25) is 0 Å². The average molecular weight is 481 g/mol. The highest BCUT2D eigenvalue weighted by Gasteiger charge is 2.30. The van der Waals surface area contributed by atoms with Gasteiger partial charge in [0.1, 0.15) is 24.0 Å². The molecule has 1 aromatic heterocycles. The Hall–Kier alpha value is -2.42. The van der Waals surface area contributed by atoms with E-state index >= 15 is 0 Å². The van der Waals surface area contributed by atoms with Crippen molar-refractivity contribution in [1.82, 2.24) is 9.55 Å². The van der Waals surface area contributed by atoms with E-state index in [-0.39, 0.29) is 19.0 Å². The first-order valence-corrected chi connectivity index (χ1v) is 12.1. The zero-order chi connectivity index (χ0) is 22.0. The number of benzene rings is 2. The molecule has 9 heteroatoms. The van der Waals surface area contributed by atoms with Crippen LogP contribution in [0.3, 0.4) is 0 Å². The third-order valence-corrected chi connectivity index (χ3v) is 7.19. The van der Waals surface area contributed by atoms with Crippen LogP contribution >= 0.6 is 12.4 Å². The number of rotatable bonds is 6. The second-order valence-electron chi connectivity index (χ2n) is 7.86. The van der Waals surface area contributed by atoms with Crippen LogP contribution in [-0.2, 0) is 21.2 Å². The number of aromatic nitrogens is 2. The summed E-state index contributed by atoms with van der Waals surface area (Å²) in [6.07, 6.45) is 5.20. The smallest absolute Gasteiger partial charge is 0.150 e. The van der Waals surface area contributed by atoms with Gasteiger partial charge in [0, 0.05) is 37.0 Å². The van der Waals surface area contributed by atoms with Crippen LogP contribution in [0, 0.1) is 12.7 Å². The molecule has 0 N–H and O–H groups in total. The maximum atomic E-state index is 14.2. The molecule has 0 aliphatic carbocycles. The molecule has 2 unspecified atom stereocenters. The Morgan fingerprint density at radius 3 is 2.62 bits per heavy atom. The van der Waals surface area contributed by atoms with Gasteiger partial charge in [0.2, 0.25) is 0 Å². The summed E-state index contributed by atoms with van der Waals surface area (Å²) < 4.78 is 51.6. The fourth-order valence-electron chi connectivity index (χ4n) is 3.81. The van der Waals surface area contributed by atoms with Gasteiger partial charge in [-0.1, -0.05) is 12.1 Å². The van der Waals surface area contributed by atoms with Crippen LogP contribution in [0.25, 0.3) is 5.69 Å². The van der Waals surface area contributed by atoms with E-state index in [1.165, 1.54) is 18.4 Å². The Morgan fingerprint density at radius 1 is 1.22 bits per heavy atom. The number of hydrogen-bond acceptors (Lipinski definition) is 5. The minimum atomic E-state index is -3.17. The lowest BCUT2D eigenvalue weighted by Gasteiger charge is -2.29. The standard InChI is InChI=1S/C23H25FN2O4S.ClH/c1-16-25-8-9-26(16)20-5-3-17(4-6-20)15-30-21-12-18(11-19(24)13-21)23-14-22(7-10-29-23)31(2,27)28;/h3-6,8-9,11-13,22-23H,7,10,14-15H2,1-2H3;1H. The Labute approximate surface area is 193 Å². The van der Waals surface area contributed by atoms with Gasteiger partial charge in [-0.2, -0.15) is 0 Å². The van der Waals surface area contributed by atoms with E-state index in [0.717, 1.165) is 17.1 Å². The van der Waals surface area contributed by atoms with Gasteiger partial charge in [0.15, 0.2) is 9.84 Å². The number of nitrogens with zero attached hydrogens (tertiary/aromatic N) is 2. The van der Waals surface area contributed by atoms with E-state index in [4.69, 9.17) is 9.47 Å². The highest BCUT2D eigenvalue weighted by Crippen LogP contribution is 2.33. The van der Waals surface area contributed by atoms with Gasteiger partial charge < -0.3 is 14.0 Å². The first kappa shape index (κ1) is 24.2. The molecule has 0 bridgehead atoms. The van der Waals surface area contributed by atoms with Crippen molar-refractivity contribution in [3.05, 3.63) is 77.6 Å². The molecular formula is C23H26ClFN2O4S. The van der Waals surface area contributed by atoms with E-state index < -0.39 is 27.0 Å². The topological polar surface area (TPSA) is 70.4 Å². The van der Waals surface area contributed by atoms with Gasteiger partial charge in [-0.05, 0) is 55.2 Å². The molecule has 1 fully saturated rings. The van der Waals surface area contributed by atoms with Crippen molar-refractivity contribution in [3.8, 4) is 11.4 Å². The van der Waals surface area contributed by atoms with Crippen LogP contribution in [-0.4, -0.2) is 36.1 Å². The molecule has 1 aliphatic rings. The number of halogens is 2. The van der Waals surface area contributed by atoms with E-state index in [1.54, 1.807) is 12.3 Å². The molecule has 1 saturated heterocycles. The summed E-state index contributed by atoms with van der Waals surface area (Å²) in [5.74, 6) is 0.845. The molecule has 2 aromatic carbocycles. The van der Waals surface area contributed by atoms with Gasteiger partial charge in [-0.25, -0.2) is 17.8 Å². The van der Waals surface area contributed by atoms with Gasteiger partial charge in [0.25, 0.3) is 0 Å². The predicted molar refractivity (Wildman–Crippen MR) is 123 cm³/mol. The van der Waals surface area contributed by atoms with Gasteiger partial charge in [-0.15, -0.1) is 12.4 Å². The summed E-state index contributed by atoms with van der Waals surface area (Å²) >= 11 is 0. The van der Waals surface area contributed by atoms with E-state index in [1.807, 2.05) is 42.0 Å². The van der Waals surface area contributed by atoms with Crippen LogP contribution in [0.15, 0.2) is 54.9 Å². The lowest BCUT2D eigenvalue weighted by Crippen LogP contribution is -2.30. The van der Waals surface area contributed by atoms with Gasteiger partial charge >= 0.3 is 0 Å². The lowest BCUT2D eigenvalue weighted by atomic mass is 10.0. The molecule has 0 saturated carbocycles. The third-order valence-electron chi connectivity index (χ3n) is 5.55. The Morgan fingerprint density at radius 2 is 1.97 bits per heavy atom. The zero-order valence-corrected chi connectivity index (χ0v) is 19.5. The van der Waals surface area contributed by atoms with E-state index in [0.29, 0.717) is 30.8 Å². The van der Waals surface area contributed by atoms with E-state index in [9.17, 15) is 12.8 Å². The fraction of sp³-hybridized carbons (Fsp3) is 0.348. The van der Waals surface area contributed by atoms with Crippen molar-refractivity contribution in [1.29, 1.82) is 0 Å². The quantitative estimate of drug-likeness (QED) is 0.516. The Balaban J connectivity index is 0.00000289. The number of aryl methyl sites for hydroxylation is 1. The molecule has 1 aliphatic heterocycles. The number of sulfone groups is 1. The molecule has 4 rings (SSSR count). The summed E-state index contributed by atoms with van der Waals surface area (Å²) in [6.45, 7) is 2.55. The lowest BCUT2D eigenvalue weighted by molar-refractivity contribution is 0.0163. The number of ether oxygens (including phenoxy) is 2. The van der Waals surface area contributed by atoms with Crippen LogP contribution in [0.1, 0.15) is 35.9 Å².